The highest BCUT2D eigenvalue weighted by Gasteiger charge is 2.28. The van der Waals surface area contributed by atoms with Crippen LogP contribution in [-0.2, 0) is 14.8 Å². The molecule has 1 aromatic rings. The number of nitrogens with one attached hydrogen (secondary N) is 1. The van der Waals surface area contributed by atoms with Crippen molar-refractivity contribution >= 4 is 27.5 Å². The highest BCUT2D eigenvalue weighted by Crippen LogP contribution is 2.25. The van der Waals surface area contributed by atoms with Gasteiger partial charge in [-0.2, -0.15) is 4.31 Å². The fourth-order valence-corrected chi connectivity index (χ4v) is 3.38. The highest BCUT2D eigenvalue weighted by atomic mass is 32.2. The first-order valence-corrected chi connectivity index (χ1v) is 9.27. The average Bonchev–Trinajstić information content (AvgIpc) is 2.53. The summed E-state index contributed by atoms with van der Waals surface area (Å²) in [6.45, 7) is 2.52. The highest BCUT2D eigenvalue weighted by molar-refractivity contribution is 7.88. The molecule has 0 aliphatic carbocycles. The van der Waals surface area contributed by atoms with Gasteiger partial charge in [-0.3, -0.25) is 9.59 Å². The second-order valence-corrected chi connectivity index (χ2v) is 7.53. The Morgan fingerprint density at radius 3 is 2.29 bits per heavy atom. The molecule has 8 nitrogen and oxygen atoms in total. The van der Waals surface area contributed by atoms with Gasteiger partial charge in [-0.1, -0.05) is 0 Å². The quantitative estimate of drug-likeness (QED) is 0.842. The third-order valence-electron chi connectivity index (χ3n) is 3.75. The third-order valence-corrected chi connectivity index (χ3v) is 5.05. The number of sulfonamides is 1. The van der Waals surface area contributed by atoms with Crippen molar-refractivity contribution in [2.45, 2.75) is 6.92 Å². The number of benzene rings is 1. The van der Waals surface area contributed by atoms with Crippen molar-refractivity contribution in [2.75, 3.05) is 44.9 Å². The molecule has 2 amide bonds. The van der Waals surface area contributed by atoms with Crippen LogP contribution >= 0.6 is 0 Å². The number of hydrogen-bond donors (Lipinski definition) is 1. The normalized spacial score (nSPS) is 15.9. The Morgan fingerprint density at radius 2 is 1.79 bits per heavy atom. The molecule has 9 heteroatoms. The summed E-state index contributed by atoms with van der Waals surface area (Å²) in [4.78, 5) is 25.5. The standard InChI is InChI=1S/C15H21N3O5S/c1-11(19)16-12-4-5-14(23-2)13(10-12)15(20)17-6-8-18(9-7-17)24(3,21)22/h4-5,10H,6-9H2,1-3H3,(H,16,19). The van der Waals surface area contributed by atoms with E-state index in [0.29, 0.717) is 30.1 Å². The van der Waals surface area contributed by atoms with Crippen molar-refractivity contribution in [1.82, 2.24) is 9.21 Å². The summed E-state index contributed by atoms with van der Waals surface area (Å²) in [5.74, 6) is -0.0906. The van der Waals surface area contributed by atoms with Gasteiger partial charge in [0.2, 0.25) is 15.9 Å². The number of piperazine rings is 1. The van der Waals surface area contributed by atoms with Crippen molar-refractivity contribution in [3.05, 3.63) is 23.8 Å². The number of carbonyl (C=O) groups excluding carboxylic acids is 2. The van der Waals surface area contributed by atoms with E-state index in [2.05, 4.69) is 5.32 Å². The average molecular weight is 355 g/mol. The van der Waals surface area contributed by atoms with Crippen molar-refractivity contribution in [3.63, 3.8) is 0 Å². The minimum atomic E-state index is -3.25. The number of methoxy groups -OCH3 is 1. The molecule has 132 valence electrons. The van der Waals surface area contributed by atoms with Gasteiger partial charge < -0.3 is 15.0 Å². The Morgan fingerprint density at radius 1 is 1.17 bits per heavy atom. The molecule has 0 spiro atoms. The first-order chi connectivity index (χ1) is 11.2. The minimum Gasteiger partial charge on any atom is -0.496 e. The third kappa shape index (κ3) is 4.24. The molecule has 0 bridgehead atoms. The van der Waals surface area contributed by atoms with Crippen LogP contribution in [0.25, 0.3) is 0 Å². The van der Waals surface area contributed by atoms with Gasteiger partial charge in [-0.05, 0) is 18.2 Å². The van der Waals surface area contributed by atoms with E-state index >= 15 is 0 Å². The first kappa shape index (κ1) is 18.2. The smallest absolute Gasteiger partial charge is 0.257 e. The molecule has 24 heavy (non-hydrogen) atoms. The van der Waals surface area contributed by atoms with Crippen LogP contribution in [0.15, 0.2) is 18.2 Å². The molecule has 2 rings (SSSR count). The zero-order chi connectivity index (χ0) is 17.9. The van der Waals surface area contributed by atoms with Gasteiger partial charge in [0, 0.05) is 38.8 Å². The van der Waals surface area contributed by atoms with Crippen LogP contribution in [0, 0.1) is 0 Å². The van der Waals surface area contributed by atoms with Crippen molar-refractivity contribution < 1.29 is 22.7 Å². The fourth-order valence-electron chi connectivity index (χ4n) is 2.55. The Balaban J connectivity index is 2.18. The van der Waals surface area contributed by atoms with Crippen LogP contribution in [0.4, 0.5) is 5.69 Å². The van der Waals surface area contributed by atoms with Gasteiger partial charge in [-0.15, -0.1) is 0 Å². The SMILES string of the molecule is COc1ccc(NC(C)=O)cc1C(=O)N1CCN(S(C)(=O)=O)CC1. The largest absolute Gasteiger partial charge is 0.496 e. The lowest BCUT2D eigenvalue weighted by Gasteiger charge is -2.33. The van der Waals surface area contributed by atoms with Crippen molar-refractivity contribution in [3.8, 4) is 5.75 Å². The maximum absolute atomic E-state index is 12.7. The van der Waals surface area contributed by atoms with E-state index in [1.165, 1.54) is 18.3 Å². The molecule has 0 aromatic heterocycles. The Bertz CT molecular complexity index is 739. The lowest BCUT2D eigenvalue weighted by Crippen LogP contribution is -2.50. The molecule has 1 aromatic carbocycles. The van der Waals surface area contributed by atoms with Crippen LogP contribution in [0.5, 0.6) is 5.75 Å². The van der Waals surface area contributed by atoms with Crippen LogP contribution in [0.1, 0.15) is 17.3 Å². The van der Waals surface area contributed by atoms with Gasteiger partial charge >= 0.3 is 0 Å². The van der Waals surface area contributed by atoms with E-state index in [1.807, 2.05) is 0 Å². The molecule has 1 saturated heterocycles. The van der Waals surface area contributed by atoms with Gasteiger partial charge in [0.05, 0.1) is 18.9 Å². The van der Waals surface area contributed by atoms with E-state index in [9.17, 15) is 18.0 Å². The zero-order valence-corrected chi connectivity index (χ0v) is 14.7. The molecule has 0 saturated carbocycles. The number of ether oxygens (including phenoxy) is 1. The predicted octanol–water partition coefficient (Wildman–Crippen LogP) is 0.371. The second-order valence-electron chi connectivity index (χ2n) is 5.55. The molecule has 0 radical (unpaired) electrons. The molecular weight excluding hydrogens is 334 g/mol. The Hall–Kier alpha value is -2.13. The van der Waals surface area contributed by atoms with Crippen LogP contribution in [-0.4, -0.2) is 69.0 Å². The number of rotatable bonds is 4. The monoisotopic (exact) mass is 355 g/mol. The van der Waals surface area contributed by atoms with Crippen LogP contribution < -0.4 is 10.1 Å². The number of amides is 2. The summed E-state index contributed by atoms with van der Waals surface area (Å²) in [5.41, 5.74) is 0.831. The summed E-state index contributed by atoms with van der Waals surface area (Å²) in [7, 11) is -1.79. The van der Waals surface area contributed by atoms with E-state index in [-0.39, 0.29) is 24.9 Å². The predicted molar refractivity (Wildman–Crippen MR) is 89.6 cm³/mol. The van der Waals surface area contributed by atoms with E-state index in [1.54, 1.807) is 23.1 Å². The molecule has 1 N–H and O–H groups in total. The number of hydrogen-bond acceptors (Lipinski definition) is 5. The Kier molecular flexibility index (Phi) is 5.45. The summed E-state index contributed by atoms with van der Waals surface area (Å²) in [6, 6.07) is 4.83. The molecule has 0 atom stereocenters. The minimum absolute atomic E-state index is 0.236. The summed E-state index contributed by atoms with van der Waals surface area (Å²) in [5, 5.41) is 2.63. The molecule has 1 heterocycles. The summed E-state index contributed by atoms with van der Waals surface area (Å²) >= 11 is 0. The molecule has 1 aliphatic rings. The van der Waals surface area contributed by atoms with E-state index in [0.717, 1.165) is 6.26 Å². The molecular formula is C15H21N3O5S. The lowest BCUT2D eigenvalue weighted by atomic mass is 10.1. The zero-order valence-electron chi connectivity index (χ0n) is 13.9. The Labute approximate surface area is 141 Å². The first-order valence-electron chi connectivity index (χ1n) is 7.42. The van der Waals surface area contributed by atoms with Gasteiger partial charge in [0.25, 0.3) is 5.91 Å². The maximum atomic E-state index is 12.7. The van der Waals surface area contributed by atoms with E-state index in [4.69, 9.17) is 4.74 Å². The van der Waals surface area contributed by atoms with Gasteiger partial charge in [-0.25, -0.2) is 8.42 Å². The fraction of sp³-hybridized carbons (Fsp3) is 0.467. The number of carbonyl (C=O) groups is 2. The van der Waals surface area contributed by atoms with Crippen LogP contribution in [0.2, 0.25) is 0 Å². The molecule has 0 unspecified atom stereocenters. The molecule has 1 fully saturated rings. The topological polar surface area (TPSA) is 96.0 Å². The van der Waals surface area contributed by atoms with Gasteiger partial charge in [0.15, 0.2) is 0 Å². The van der Waals surface area contributed by atoms with Crippen molar-refractivity contribution in [1.29, 1.82) is 0 Å². The summed E-state index contributed by atoms with van der Waals surface area (Å²) < 4.78 is 29.7. The van der Waals surface area contributed by atoms with Crippen LogP contribution in [0.3, 0.4) is 0 Å². The maximum Gasteiger partial charge on any atom is 0.257 e. The number of anilines is 1. The van der Waals surface area contributed by atoms with Crippen molar-refractivity contribution in [2.24, 2.45) is 0 Å². The molecule has 1 aliphatic heterocycles. The lowest BCUT2D eigenvalue weighted by molar-refractivity contribution is -0.114. The van der Waals surface area contributed by atoms with E-state index < -0.39 is 10.0 Å². The number of nitrogens with zero attached hydrogens (tertiary/aromatic N) is 2. The summed E-state index contributed by atoms with van der Waals surface area (Å²) in [6.07, 6.45) is 1.16. The van der Waals surface area contributed by atoms with Gasteiger partial charge in [0.1, 0.15) is 5.75 Å². The second kappa shape index (κ2) is 7.18.